The van der Waals surface area contributed by atoms with Crippen molar-refractivity contribution in [2.45, 2.75) is 78.6 Å². The van der Waals surface area contributed by atoms with Crippen LogP contribution in [-0.2, 0) is 16.2 Å². The second-order valence-corrected chi connectivity index (χ2v) is 20.8. The minimum absolute atomic E-state index is 0.0211. The molecule has 0 fully saturated rings. The summed E-state index contributed by atoms with van der Waals surface area (Å²) in [5.41, 5.74) is 15.5. The van der Waals surface area contributed by atoms with Crippen LogP contribution in [0.5, 0.6) is 0 Å². The summed E-state index contributed by atoms with van der Waals surface area (Å²) in [6.45, 7) is 21.0. The summed E-state index contributed by atoms with van der Waals surface area (Å²) in [6.07, 6.45) is 1.82. The fourth-order valence-corrected chi connectivity index (χ4v) is 10.1. The lowest BCUT2D eigenvalue weighted by atomic mass is 9.79. The average molecular weight is 825 g/mol. The Kier molecular flexibility index (Phi) is 9.35. The van der Waals surface area contributed by atoms with E-state index in [0.717, 1.165) is 60.5 Å². The quantitative estimate of drug-likeness (QED) is 0.174. The van der Waals surface area contributed by atoms with Crippen LogP contribution in [0.25, 0.3) is 92.8 Å². The smallest absolute Gasteiger partial charge is 0.179 e. The first-order valence-electron chi connectivity index (χ1n) is 21.7. The van der Waals surface area contributed by atoms with E-state index < -0.39 is 0 Å². The molecule has 4 heterocycles. The maximum absolute atomic E-state index is 5.44. The van der Waals surface area contributed by atoms with E-state index in [1.807, 2.05) is 24.4 Å². The number of thiophene rings is 1. The van der Waals surface area contributed by atoms with Gasteiger partial charge in [-0.2, -0.15) is 0 Å². The minimum Gasteiger partial charge on any atom is -0.308 e. The van der Waals surface area contributed by atoms with Gasteiger partial charge in [-0.25, -0.2) is 9.97 Å². The molecule has 0 aliphatic heterocycles. The Morgan fingerprint density at radius 1 is 0.500 bits per heavy atom. The van der Waals surface area contributed by atoms with Gasteiger partial charge < -0.3 is 4.57 Å². The molecule has 0 unspecified atom stereocenters. The normalized spacial score (nSPS) is 12.6. The van der Waals surface area contributed by atoms with E-state index in [1.165, 1.54) is 43.2 Å². The number of rotatable bonds is 5. The molecule has 4 aromatic heterocycles. The second-order valence-electron chi connectivity index (χ2n) is 19.8. The molecule has 0 bridgehead atoms. The van der Waals surface area contributed by atoms with Crippen LogP contribution in [0, 0.1) is 0 Å². The highest BCUT2D eigenvalue weighted by atomic mass is 32.1. The number of benzene rings is 6. The summed E-state index contributed by atoms with van der Waals surface area (Å²) in [6, 6.07) is 53.2. The van der Waals surface area contributed by atoms with Gasteiger partial charge in [0.15, 0.2) is 5.82 Å². The van der Waals surface area contributed by atoms with Crippen molar-refractivity contribution in [1.82, 2.24) is 19.5 Å². The number of pyridine rings is 1. The van der Waals surface area contributed by atoms with Crippen molar-refractivity contribution < 1.29 is 0 Å². The highest BCUT2D eigenvalue weighted by Gasteiger charge is 2.30. The molecule has 62 heavy (non-hydrogen) atoms. The summed E-state index contributed by atoms with van der Waals surface area (Å²) >= 11 is 1.76. The van der Waals surface area contributed by atoms with E-state index in [-0.39, 0.29) is 16.2 Å². The number of aromatic nitrogens is 4. The summed E-state index contributed by atoms with van der Waals surface area (Å²) in [5.74, 6) is 0.616. The monoisotopic (exact) mass is 824 g/mol. The molecule has 0 spiro atoms. The number of hydrogen-bond acceptors (Lipinski definition) is 4. The Morgan fingerprint density at radius 2 is 1.11 bits per heavy atom. The lowest BCUT2D eigenvalue weighted by Crippen LogP contribution is -2.18. The van der Waals surface area contributed by atoms with Gasteiger partial charge in [-0.1, -0.05) is 159 Å². The van der Waals surface area contributed by atoms with Gasteiger partial charge in [-0.05, 0) is 92.6 Å². The molecule has 0 atom stereocenters. The standard InChI is InChI=1S/C57H52N4S/c1-55(2,3)38-27-28-47-43(32-38)44-33-39(56(4,5)6)34-45(57(7,8)9)52(44)61(47)51-41(35-20-12-10-13-21-35)30-37(31-42(51)36-22-14-11-15-23-36)49-53-50(40-24-16-17-26-48(40)62-53)60-54(59-49)46-25-18-19-29-58-46/h10-34H,1-9H3. The third kappa shape index (κ3) is 6.80. The van der Waals surface area contributed by atoms with E-state index in [9.17, 15) is 0 Å². The largest absolute Gasteiger partial charge is 0.308 e. The zero-order valence-corrected chi connectivity index (χ0v) is 37.9. The zero-order valence-electron chi connectivity index (χ0n) is 37.1. The van der Waals surface area contributed by atoms with E-state index in [0.29, 0.717) is 5.82 Å². The van der Waals surface area contributed by atoms with E-state index in [1.54, 1.807) is 11.3 Å². The van der Waals surface area contributed by atoms with Gasteiger partial charge in [-0.3, -0.25) is 4.98 Å². The van der Waals surface area contributed by atoms with Crippen molar-refractivity contribution in [2.24, 2.45) is 0 Å². The van der Waals surface area contributed by atoms with Gasteiger partial charge in [0.1, 0.15) is 5.69 Å². The topological polar surface area (TPSA) is 43.6 Å². The van der Waals surface area contributed by atoms with Gasteiger partial charge in [-0.15, -0.1) is 11.3 Å². The van der Waals surface area contributed by atoms with Crippen LogP contribution in [0.2, 0.25) is 0 Å². The van der Waals surface area contributed by atoms with Crippen molar-refractivity contribution in [2.75, 3.05) is 0 Å². The van der Waals surface area contributed by atoms with Crippen LogP contribution >= 0.6 is 11.3 Å². The predicted molar refractivity (Wildman–Crippen MR) is 265 cm³/mol. The molecule has 0 aliphatic carbocycles. The van der Waals surface area contributed by atoms with E-state index in [2.05, 4.69) is 194 Å². The molecule has 0 amide bonds. The molecular weight excluding hydrogens is 773 g/mol. The van der Waals surface area contributed by atoms with Crippen LogP contribution in [-0.4, -0.2) is 19.5 Å². The average Bonchev–Trinajstić information content (AvgIpc) is 3.80. The third-order valence-corrected chi connectivity index (χ3v) is 13.5. The van der Waals surface area contributed by atoms with Crippen LogP contribution in [0.3, 0.4) is 0 Å². The summed E-state index contributed by atoms with van der Waals surface area (Å²) < 4.78 is 4.85. The molecule has 0 N–H and O–H groups in total. The predicted octanol–water partition coefficient (Wildman–Crippen LogP) is 15.9. The van der Waals surface area contributed by atoms with Gasteiger partial charge in [0.25, 0.3) is 0 Å². The first kappa shape index (κ1) is 39.7. The van der Waals surface area contributed by atoms with E-state index >= 15 is 0 Å². The maximum Gasteiger partial charge on any atom is 0.179 e. The Morgan fingerprint density at radius 3 is 1.73 bits per heavy atom. The van der Waals surface area contributed by atoms with Crippen LogP contribution < -0.4 is 0 Å². The fourth-order valence-electron chi connectivity index (χ4n) is 8.94. The highest BCUT2D eigenvalue weighted by molar-refractivity contribution is 7.26. The van der Waals surface area contributed by atoms with Crippen molar-refractivity contribution in [3.63, 3.8) is 0 Å². The summed E-state index contributed by atoms with van der Waals surface area (Å²) in [4.78, 5) is 15.4. The van der Waals surface area contributed by atoms with Gasteiger partial charge in [0, 0.05) is 43.7 Å². The van der Waals surface area contributed by atoms with Crippen molar-refractivity contribution in [3.05, 3.63) is 168 Å². The molecule has 0 radical (unpaired) electrons. The lowest BCUT2D eigenvalue weighted by molar-refractivity contribution is 0.572. The van der Waals surface area contributed by atoms with Crippen LogP contribution in [0.4, 0.5) is 0 Å². The molecule has 0 saturated heterocycles. The molecule has 0 aliphatic rings. The molecule has 4 nitrogen and oxygen atoms in total. The van der Waals surface area contributed by atoms with E-state index in [4.69, 9.17) is 15.0 Å². The first-order valence-corrected chi connectivity index (χ1v) is 22.5. The van der Waals surface area contributed by atoms with Crippen LogP contribution in [0.15, 0.2) is 152 Å². The number of fused-ring (bicyclic) bond motifs is 6. The Balaban J connectivity index is 1.41. The van der Waals surface area contributed by atoms with Crippen molar-refractivity contribution in [1.29, 1.82) is 0 Å². The Bertz CT molecular complexity index is 3260. The maximum atomic E-state index is 5.44. The van der Waals surface area contributed by atoms with Gasteiger partial charge >= 0.3 is 0 Å². The first-order chi connectivity index (χ1) is 29.6. The molecule has 6 aromatic carbocycles. The summed E-state index contributed by atoms with van der Waals surface area (Å²) in [5, 5.41) is 3.68. The molecule has 5 heteroatoms. The van der Waals surface area contributed by atoms with Crippen LogP contribution in [0.1, 0.15) is 79.0 Å². The van der Waals surface area contributed by atoms with Crippen molar-refractivity contribution >= 4 is 53.4 Å². The molecule has 10 rings (SSSR count). The number of nitrogens with zero attached hydrogens (tertiary/aromatic N) is 4. The Hall–Kier alpha value is -6.43. The third-order valence-electron chi connectivity index (χ3n) is 12.3. The van der Waals surface area contributed by atoms with Gasteiger partial charge in [0.05, 0.1) is 32.6 Å². The fraction of sp³-hybridized carbons (Fsp3) is 0.211. The molecular formula is C57H52N4S. The van der Waals surface area contributed by atoms with Gasteiger partial charge in [0.2, 0.25) is 0 Å². The molecule has 10 aromatic rings. The molecule has 0 saturated carbocycles. The highest BCUT2D eigenvalue weighted by Crippen LogP contribution is 2.49. The summed E-state index contributed by atoms with van der Waals surface area (Å²) in [7, 11) is 0. The number of hydrogen-bond donors (Lipinski definition) is 0. The zero-order chi connectivity index (χ0) is 43.1. The molecule has 306 valence electrons. The SMILES string of the molecule is CC(C)(C)c1ccc2c(c1)c1cc(C(C)(C)C)cc(C(C)(C)C)c1n2-c1c(-c2ccccc2)cc(-c2nc(-c3ccccn3)nc3c2sc2ccccc23)cc1-c1ccccc1. The lowest BCUT2D eigenvalue weighted by Gasteiger charge is -2.28. The second kappa shape index (κ2) is 14.6. The Labute approximate surface area is 369 Å². The minimum atomic E-state index is -0.159. The van der Waals surface area contributed by atoms with Crippen molar-refractivity contribution in [3.8, 4) is 50.7 Å².